The molecule has 2 aromatic carbocycles. The van der Waals surface area contributed by atoms with Crippen LogP contribution in [0.25, 0.3) is 0 Å². The van der Waals surface area contributed by atoms with Crippen LogP contribution in [-0.4, -0.2) is 43.1 Å². The van der Waals surface area contributed by atoms with Gasteiger partial charge in [0.05, 0.1) is 36.3 Å². The molecule has 206 valence electrons. The molecule has 3 amide bonds. The summed E-state index contributed by atoms with van der Waals surface area (Å²) in [5.74, 6) is -1.10. The molecule has 0 spiro atoms. The third-order valence-corrected chi connectivity index (χ3v) is 7.18. The Bertz CT molecular complexity index is 1320. The molecule has 39 heavy (non-hydrogen) atoms. The van der Waals surface area contributed by atoms with Crippen molar-refractivity contribution in [2.75, 3.05) is 28.9 Å². The van der Waals surface area contributed by atoms with Crippen molar-refractivity contribution in [3.63, 3.8) is 0 Å². The number of hydrogen-bond acceptors (Lipinski definition) is 6. The van der Waals surface area contributed by atoms with Crippen molar-refractivity contribution in [1.29, 1.82) is 0 Å². The number of anilines is 3. The van der Waals surface area contributed by atoms with E-state index in [2.05, 4.69) is 5.32 Å². The smallest absolute Gasteiger partial charge is 0.350 e. The first-order valence-electron chi connectivity index (χ1n) is 13.3. The fraction of sp³-hybridized carbons (Fsp3) is 0.433. The minimum absolute atomic E-state index is 0.0666. The molecule has 1 N–H and O–H groups in total. The topological polar surface area (TPSA) is 108 Å². The van der Waals surface area contributed by atoms with E-state index in [9.17, 15) is 19.2 Å². The van der Waals surface area contributed by atoms with Gasteiger partial charge in [0, 0.05) is 23.8 Å². The lowest BCUT2D eigenvalue weighted by atomic mass is 9.82. The minimum atomic E-state index is -0.690. The van der Waals surface area contributed by atoms with Gasteiger partial charge in [-0.2, -0.15) is 10.1 Å². The van der Waals surface area contributed by atoms with Crippen molar-refractivity contribution in [2.45, 2.75) is 59.8 Å². The number of fused-ring (bicyclic) bond motifs is 1. The number of esters is 1. The molecule has 2 aromatic rings. The second-order valence-corrected chi connectivity index (χ2v) is 11.1. The fourth-order valence-electron chi connectivity index (χ4n) is 5.04. The van der Waals surface area contributed by atoms with E-state index < -0.39 is 17.4 Å². The van der Waals surface area contributed by atoms with Gasteiger partial charge in [0.1, 0.15) is 5.69 Å². The van der Waals surface area contributed by atoms with E-state index in [4.69, 9.17) is 9.84 Å². The molecule has 0 atom stereocenters. The van der Waals surface area contributed by atoms with Crippen LogP contribution in [0.5, 0.6) is 0 Å². The van der Waals surface area contributed by atoms with Crippen LogP contribution >= 0.6 is 0 Å². The summed E-state index contributed by atoms with van der Waals surface area (Å²) in [4.78, 5) is 54.2. The summed E-state index contributed by atoms with van der Waals surface area (Å²) < 4.78 is 5.03. The van der Waals surface area contributed by atoms with E-state index in [-0.39, 0.29) is 41.1 Å². The van der Waals surface area contributed by atoms with Crippen molar-refractivity contribution >= 4 is 46.5 Å². The molecule has 4 rings (SSSR count). The molecule has 1 fully saturated rings. The van der Waals surface area contributed by atoms with E-state index in [0.29, 0.717) is 5.69 Å². The zero-order valence-electron chi connectivity index (χ0n) is 23.2. The molecule has 1 aliphatic heterocycles. The lowest BCUT2D eigenvalue weighted by Gasteiger charge is -2.29. The Kier molecular flexibility index (Phi) is 8.18. The average molecular weight is 533 g/mol. The first-order chi connectivity index (χ1) is 18.5. The average Bonchev–Trinajstić information content (AvgIpc) is 3.02. The maximum atomic E-state index is 14.4. The predicted octanol–water partition coefficient (Wildman–Crippen LogP) is 5.78. The number of nitrogens with one attached hydrogen (secondary N) is 1. The van der Waals surface area contributed by atoms with E-state index in [0.717, 1.165) is 48.4 Å². The maximum Gasteiger partial charge on any atom is 0.350 e. The Morgan fingerprint density at radius 2 is 1.72 bits per heavy atom. The van der Waals surface area contributed by atoms with E-state index in [1.807, 2.05) is 45.0 Å². The highest BCUT2D eigenvalue weighted by Gasteiger charge is 2.38. The molecule has 0 saturated heterocycles. The quantitative estimate of drug-likeness (QED) is 0.475. The van der Waals surface area contributed by atoms with Crippen molar-refractivity contribution in [1.82, 2.24) is 0 Å². The number of ketones is 1. The highest BCUT2D eigenvalue weighted by Crippen LogP contribution is 2.39. The summed E-state index contributed by atoms with van der Waals surface area (Å²) in [6.07, 6.45) is 5.04. The number of benzene rings is 2. The lowest BCUT2D eigenvalue weighted by Crippen LogP contribution is -2.45. The van der Waals surface area contributed by atoms with Gasteiger partial charge in [-0.05, 0) is 31.0 Å². The van der Waals surface area contributed by atoms with Crippen LogP contribution in [0.4, 0.5) is 21.9 Å². The molecule has 0 unspecified atom stereocenters. The summed E-state index contributed by atoms with van der Waals surface area (Å²) in [5, 5.41) is 8.84. The highest BCUT2D eigenvalue weighted by atomic mass is 16.5. The number of hydrogen-bond donors (Lipinski definition) is 1. The van der Waals surface area contributed by atoms with Gasteiger partial charge in [0.25, 0.3) is 0 Å². The highest BCUT2D eigenvalue weighted by molar-refractivity contribution is 6.19. The molecule has 9 nitrogen and oxygen atoms in total. The van der Waals surface area contributed by atoms with Crippen molar-refractivity contribution in [3.05, 3.63) is 53.6 Å². The lowest BCUT2D eigenvalue weighted by molar-refractivity contribution is -0.124. The first-order valence-corrected chi connectivity index (χ1v) is 13.3. The zero-order chi connectivity index (χ0) is 28.3. The van der Waals surface area contributed by atoms with Crippen LogP contribution in [-0.2, 0) is 14.3 Å². The van der Waals surface area contributed by atoms with Gasteiger partial charge in [-0.1, -0.05) is 64.3 Å². The number of hydrazone groups is 1. The Labute approximate surface area is 229 Å². The van der Waals surface area contributed by atoms with Gasteiger partial charge in [-0.3, -0.25) is 14.5 Å². The SMILES string of the molecule is COC(=O)c1cccc(NC(C)=O)c1N1N=C(C2CCCCC2)c2ccccc2N(CC(=O)C(C)(C)C)C1=O. The van der Waals surface area contributed by atoms with Gasteiger partial charge < -0.3 is 10.1 Å². The van der Waals surface area contributed by atoms with E-state index in [1.54, 1.807) is 12.1 Å². The normalized spacial score (nSPS) is 16.2. The molecule has 1 aliphatic carbocycles. The molecular weight excluding hydrogens is 496 g/mol. The van der Waals surface area contributed by atoms with Crippen LogP contribution in [0, 0.1) is 11.3 Å². The number of ether oxygens (including phenoxy) is 1. The zero-order valence-corrected chi connectivity index (χ0v) is 23.2. The maximum absolute atomic E-state index is 14.4. The summed E-state index contributed by atoms with van der Waals surface area (Å²) >= 11 is 0. The number of carbonyl (C=O) groups is 4. The second-order valence-electron chi connectivity index (χ2n) is 11.1. The van der Waals surface area contributed by atoms with Gasteiger partial charge in [-0.25, -0.2) is 9.59 Å². The van der Waals surface area contributed by atoms with Crippen LogP contribution in [0.2, 0.25) is 0 Å². The third-order valence-electron chi connectivity index (χ3n) is 7.18. The first kappa shape index (κ1) is 28.0. The van der Waals surface area contributed by atoms with Gasteiger partial charge in [0.15, 0.2) is 5.78 Å². The second kappa shape index (κ2) is 11.4. The molecular formula is C30H36N4O5. The minimum Gasteiger partial charge on any atom is -0.465 e. The number of Topliss-reactive ketones (excluding diaryl/α,β-unsaturated/α-hetero) is 1. The van der Waals surface area contributed by atoms with E-state index in [1.165, 1.54) is 25.0 Å². The van der Waals surface area contributed by atoms with Crippen molar-refractivity contribution in [2.24, 2.45) is 16.4 Å². The van der Waals surface area contributed by atoms with Crippen LogP contribution in [0.15, 0.2) is 47.6 Å². The van der Waals surface area contributed by atoms with Gasteiger partial charge in [-0.15, -0.1) is 0 Å². The van der Waals surface area contributed by atoms with Crippen LogP contribution in [0.3, 0.4) is 0 Å². The Morgan fingerprint density at radius 3 is 2.36 bits per heavy atom. The molecule has 2 aliphatic rings. The van der Waals surface area contributed by atoms with Crippen LogP contribution < -0.4 is 15.2 Å². The molecule has 0 aromatic heterocycles. The van der Waals surface area contributed by atoms with Gasteiger partial charge >= 0.3 is 12.0 Å². The van der Waals surface area contributed by atoms with Crippen molar-refractivity contribution < 1.29 is 23.9 Å². The standard InChI is InChI=1S/C30H36N4O5/c1-19(35)31-23-16-11-15-22(28(37)39-5)27(23)34-29(38)33(18-25(36)30(2,3)4)24-17-10-9-14-21(24)26(32-34)20-12-7-6-8-13-20/h9-11,14-17,20H,6-8,12-13,18H2,1-5H3,(H,31,35). The van der Waals surface area contributed by atoms with Crippen LogP contribution in [0.1, 0.15) is 75.7 Å². The largest absolute Gasteiger partial charge is 0.465 e. The summed E-state index contributed by atoms with van der Waals surface area (Å²) in [7, 11) is 1.25. The number of amides is 3. The number of urea groups is 1. The molecule has 1 heterocycles. The third kappa shape index (κ3) is 5.87. The fourth-order valence-corrected chi connectivity index (χ4v) is 5.04. The molecule has 9 heteroatoms. The number of nitrogens with zero attached hydrogens (tertiary/aromatic N) is 3. The van der Waals surface area contributed by atoms with Gasteiger partial charge in [0.2, 0.25) is 5.91 Å². The van der Waals surface area contributed by atoms with Crippen molar-refractivity contribution in [3.8, 4) is 0 Å². The Morgan fingerprint density at radius 1 is 1.03 bits per heavy atom. The molecule has 0 bridgehead atoms. The Balaban J connectivity index is 2.00. The predicted molar refractivity (Wildman–Crippen MR) is 151 cm³/mol. The number of rotatable bonds is 6. The Hall–Kier alpha value is -4.01. The monoisotopic (exact) mass is 532 g/mol. The van der Waals surface area contributed by atoms with E-state index >= 15 is 0 Å². The number of para-hydroxylation sites is 2. The number of methoxy groups -OCH3 is 1. The summed E-state index contributed by atoms with van der Waals surface area (Å²) in [6.45, 7) is 6.60. The summed E-state index contributed by atoms with van der Waals surface area (Å²) in [6, 6.07) is 11.6. The molecule has 0 radical (unpaired) electrons. The molecule has 1 saturated carbocycles. The summed E-state index contributed by atoms with van der Waals surface area (Å²) in [5.41, 5.74) is 1.79. The number of carbonyl (C=O) groups excluding carboxylic acids is 4.